The van der Waals surface area contributed by atoms with E-state index in [0.717, 1.165) is 31.1 Å². The summed E-state index contributed by atoms with van der Waals surface area (Å²) in [5.74, 6) is 2.17. The minimum absolute atomic E-state index is 0.102. The molecular weight excluding hydrogens is 340 g/mol. The van der Waals surface area contributed by atoms with E-state index in [9.17, 15) is 14.7 Å². The van der Waals surface area contributed by atoms with Crippen molar-refractivity contribution in [2.45, 2.75) is 91.1 Å². The standard InChI is InChI=1S/C23H36O4/c1-14(24)27-20-7-6-18-17-5-4-16-12-15(13-21(25)26)8-10-22(16,2)19(17)9-11-23(18,20)3/h15-20H,4-13H2,1-3H3,(H,25,26)/p-1/t15-,16-,17+,18-,19+,20-,22-,23-/m0/s1. The third-order valence-corrected chi connectivity index (χ3v) is 9.45. The van der Waals surface area contributed by atoms with E-state index >= 15 is 0 Å². The second-order valence-corrected chi connectivity index (χ2v) is 10.6. The van der Waals surface area contributed by atoms with Crippen LogP contribution in [0.5, 0.6) is 0 Å². The summed E-state index contributed by atoms with van der Waals surface area (Å²) in [5, 5.41) is 11.1. The van der Waals surface area contributed by atoms with Gasteiger partial charge in [-0.2, -0.15) is 0 Å². The Morgan fingerprint density at radius 2 is 1.67 bits per heavy atom. The number of carboxylic acids is 1. The van der Waals surface area contributed by atoms with Crippen molar-refractivity contribution in [2.24, 2.45) is 40.4 Å². The van der Waals surface area contributed by atoms with Gasteiger partial charge in [0.2, 0.25) is 0 Å². The molecule has 0 bridgehead atoms. The van der Waals surface area contributed by atoms with Gasteiger partial charge >= 0.3 is 5.97 Å². The predicted octanol–water partition coefficient (Wildman–Crippen LogP) is 3.72. The number of carbonyl (C=O) groups excluding carboxylic acids is 2. The Morgan fingerprint density at radius 3 is 2.37 bits per heavy atom. The Bertz CT molecular complexity index is 615. The summed E-state index contributed by atoms with van der Waals surface area (Å²) in [7, 11) is 0. The van der Waals surface area contributed by atoms with Crippen LogP contribution in [0.25, 0.3) is 0 Å². The second kappa shape index (κ2) is 6.77. The Hall–Kier alpha value is -1.06. The highest BCUT2D eigenvalue weighted by Gasteiger charge is 2.60. The Kier molecular flexibility index (Phi) is 4.83. The lowest BCUT2D eigenvalue weighted by atomic mass is 9.44. The first-order valence-electron chi connectivity index (χ1n) is 11.1. The fraction of sp³-hybridized carbons (Fsp3) is 0.913. The number of fused-ring (bicyclic) bond motifs is 5. The number of esters is 1. The van der Waals surface area contributed by atoms with E-state index in [4.69, 9.17) is 4.74 Å². The van der Waals surface area contributed by atoms with Crippen LogP contribution in [-0.4, -0.2) is 18.0 Å². The van der Waals surface area contributed by atoms with Crippen molar-refractivity contribution in [3.63, 3.8) is 0 Å². The summed E-state index contributed by atoms with van der Waals surface area (Å²) < 4.78 is 5.75. The number of carbonyl (C=O) groups is 2. The van der Waals surface area contributed by atoms with Crippen LogP contribution >= 0.6 is 0 Å². The summed E-state index contributed by atoms with van der Waals surface area (Å²) in [5.41, 5.74) is 0.522. The van der Waals surface area contributed by atoms with Crippen LogP contribution in [0.1, 0.15) is 85.0 Å². The molecule has 0 spiro atoms. The van der Waals surface area contributed by atoms with Crippen LogP contribution in [0, 0.1) is 40.4 Å². The smallest absolute Gasteiger partial charge is 0.302 e. The molecule has 4 fully saturated rings. The molecule has 0 aromatic heterocycles. The van der Waals surface area contributed by atoms with Crippen molar-refractivity contribution < 1.29 is 19.4 Å². The summed E-state index contributed by atoms with van der Waals surface area (Å²) in [4.78, 5) is 22.6. The SMILES string of the molecule is CC(=O)O[C@H]1CC[C@H]2[C@H]3CC[C@H]4C[C@@H](CC(=O)[O-])CC[C@]4(C)[C@@H]3CC[C@]12C. The van der Waals surface area contributed by atoms with Gasteiger partial charge in [0.25, 0.3) is 0 Å². The van der Waals surface area contributed by atoms with Gasteiger partial charge in [0.15, 0.2) is 0 Å². The summed E-state index contributed by atoms with van der Waals surface area (Å²) in [6.07, 6.45) is 10.8. The first-order chi connectivity index (χ1) is 12.7. The van der Waals surface area contributed by atoms with Crippen LogP contribution < -0.4 is 5.11 Å². The highest BCUT2D eigenvalue weighted by molar-refractivity contribution is 5.66. The Morgan fingerprint density at radius 1 is 0.963 bits per heavy atom. The third-order valence-electron chi connectivity index (χ3n) is 9.45. The maximum atomic E-state index is 11.6. The largest absolute Gasteiger partial charge is 0.550 e. The van der Waals surface area contributed by atoms with Gasteiger partial charge in [0.05, 0.1) is 0 Å². The molecule has 0 saturated heterocycles. The molecule has 0 aliphatic heterocycles. The molecule has 0 unspecified atom stereocenters. The van der Waals surface area contributed by atoms with Crippen molar-refractivity contribution in [3.8, 4) is 0 Å². The lowest BCUT2D eigenvalue weighted by Crippen LogP contribution is -2.54. The van der Waals surface area contributed by atoms with E-state index in [1.165, 1.54) is 38.5 Å². The molecule has 27 heavy (non-hydrogen) atoms. The van der Waals surface area contributed by atoms with Crippen LogP contribution in [0.2, 0.25) is 0 Å². The van der Waals surface area contributed by atoms with E-state index in [0.29, 0.717) is 23.2 Å². The van der Waals surface area contributed by atoms with Gasteiger partial charge in [-0.25, -0.2) is 0 Å². The van der Waals surface area contributed by atoms with Gasteiger partial charge in [-0.1, -0.05) is 13.8 Å². The zero-order chi connectivity index (χ0) is 19.4. The molecule has 4 saturated carbocycles. The topological polar surface area (TPSA) is 66.4 Å². The average Bonchev–Trinajstić information content (AvgIpc) is 2.91. The van der Waals surface area contributed by atoms with Gasteiger partial charge in [0, 0.05) is 18.3 Å². The lowest BCUT2D eigenvalue weighted by Gasteiger charge is -2.61. The first kappa shape index (κ1) is 19.3. The number of aliphatic carboxylic acids is 1. The first-order valence-corrected chi connectivity index (χ1v) is 11.1. The van der Waals surface area contributed by atoms with Crippen LogP contribution in [0.4, 0.5) is 0 Å². The highest BCUT2D eigenvalue weighted by atomic mass is 16.5. The molecule has 8 atom stereocenters. The van der Waals surface area contributed by atoms with Gasteiger partial charge in [0.1, 0.15) is 6.10 Å². The van der Waals surface area contributed by atoms with Crippen molar-refractivity contribution in [1.29, 1.82) is 0 Å². The van der Waals surface area contributed by atoms with Crippen LogP contribution in [0.3, 0.4) is 0 Å². The molecule has 0 N–H and O–H groups in total. The molecule has 4 heteroatoms. The minimum Gasteiger partial charge on any atom is -0.550 e. The molecule has 4 rings (SSSR count). The maximum Gasteiger partial charge on any atom is 0.302 e. The van der Waals surface area contributed by atoms with Crippen LogP contribution in [-0.2, 0) is 14.3 Å². The zero-order valence-corrected chi connectivity index (χ0v) is 17.2. The highest BCUT2D eigenvalue weighted by Crippen LogP contribution is 2.67. The zero-order valence-electron chi connectivity index (χ0n) is 17.2. The summed E-state index contributed by atoms with van der Waals surface area (Å²) in [6.45, 7) is 6.42. The second-order valence-electron chi connectivity index (χ2n) is 10.6. The molecule has 0 radical (unpaired) electrons. The number of hydrogen-bond donors (Lipinski definition) is 0. The van der Waals surface area contributed by atoms with Gasteiger partial charge in [-0.15, -0.1) is 0 Å². The van der Waals surface area contributed by atoms with Crippen molar-refractivity contribution in [2.75, 3.05) is 0 Å². The number of ether oxygens (including phenoxy) is 1. The third kappa shape index (κ3) is 3.11. The van der Waals surface area contributed by atoms with E-state index < -0.39 is 5.97 Å². The minimum atomic E-state index is -0.881. The van der Waals surface area contributed by atoms with Gasteiger partial charge in [-0.3, -0.25) is 4.79 Å². The molecule has 0 heterocycles. The van der Waals surface area contributed by atoms with E-state index in [-0.39, 0.29) is 23.9 Å². The Balaban J connectivity index is 1.51. The molecule has 4 nitrogen and oxygen atoms in total. The van der Waals surface area contributed by atoms with Gasteiger partial charge < -0.3 is 14.6 Å². The predicted molar refractivity (Wildman–Crippen MR) is 100 cm³/mol. The van der Waals surface area contributed by atoms with Crippen molar-refractivity contribution >= 4 is 11.9 Å². The number of hydrogen-bond acceptors (Lipinski definition) is 4. The van der Waals surface area contributed by atoms with Gasteiger partial charge in [-0.05, 0) is 99.2 Å². The fourth-order valence-electron chi connectivity index (χ4n) is 8.11. The molecule has 152 valence electrons. The molecule has 0 aromatic carbocycles. The lowest BCUT2D eigenvalue weighted by molar-refractivity contribution is -0.307. The monoisotopic (exact) mass is 375 g/mol. The summed E-state index contributed by atoms with van der Waals surface area (Å²) in [6, 6.07) is 0. The Labute approximate surface area is 163 Å². The maximum absolute atomic E-state index is 11.6. The molecule has 4 aliphatic rings. The normalized spacial score (nSPS) is 48.9. The molecule has 0 amide bonds. The van der Waals surface area contributed by atoms with Crippen LogP contribution in [0.15, 0.2) is 0 Å². The van der Waals surface area contributed by atoms with Crippen molar-refractivity contribution in [3.05, 3.63) is 0 Å². The fourth-order valence-corrected chi connectivity index (χ4v) is 8.11. The molecular formula is C23H35O4-. The quantitative estimate of drug-likeness (QED) is 0.705. The molecule has 0 aromatic rings. The summed E-state index contributed by atoms with van der Waals surface area (Å²) >= 11 is 0. The average molecular weight is 376 g/mol. The molecule has 4 aliphatic carbocycles. The van der Waals surface area contributed by atoms with Crippen molar-refractivity contribution in [1.82, 2.24) is 0 Å². The van der Waals surface area contributed by atoms with E-state index in [1.807, 2.05) is 0 Å². The van der Waals surface area contributed by atoms with E-state index in [1.54, 1.807) is 6.92 Å². The van der Waals surface area contributed by atoms with E-state index in [2.05, 4.69) is 13.8 Å². The number of carboxylic acid groups (broad SMARTS) is 1. The number of rotatable bonds is 3.